The number of rotatable bonds is 2. The number of carbonyl (C=O) groups excluding carboxylic acids is 1. The monoisotopic (exact) mass is 185 g/mol. The van der Waals surface area contributed by atoms with Crippen molar-refractivity contribution in [3.05, 3.63) is 36.3 Å². The van der Waals surface area contributed by atoms with Crippen LogP contribution in [0.15, 0.2) is 30.6 Å². The van der Waals surface area contributed by atoms with Gasteiger partial charge in [0.25, 0.3) is 0 Å². The summed E-state index contributed by atoms with van der Waals surface area (Å²) in [5, 5.41) is 8.42. The van der Waals surface area contributed by atoms with Crippen molar-refractivity contribution in [2.75, 3.05) is 0 Å². The van der Waals surface area contributed by atoms with Gasteiger partial charge < -0.3 is 0 Å². The molecule has 2 rings (SSSR count). The molecule has 0 aliphatic rings. The predicted octanol–water partition coefficient (Wildman–Crippen LogP) is 1.43. The Labute approximate surface area is 80.4 Å². The summed E-state index contributed by atoms with van der Waals surface area (Å²) in [6.07, 6.45) is 3.23. The number of carbonyl (C=O) groups is 1. The number of aromatic nitrogens is 2. The second-order valence-corrected chi connectivity index (χ2v) is 2.82. The molecule has 0 N–H and O–H groups in total. The molecule has 68 valence electrons. The van der Waals surface area contributed by atoms with E-state index in [0.29, 0.717) is 11.3 Å². The van der Waals surface area contributed by atoms with Crippen molar-refractivity contribution in [1.82, 2.24) is 9.38 Å². The molecular formula is C10H7N3O. The maximum atomic E-state index is 11.5. The fourth-order valence-electron chi connectivity index (χ4n) is 1.34. The number of nitriles is 1. The SMILES string of the molecule is N#CCC(=O)c1cccc2nccn12. The van der Waals surface area contributed by atoms with Gasteiger partial charge in [0, 0.05) is 12.4 Å². The van der Waals surface area contributed by atoms with Gasteiger partial charge >= 0.3 is 0 Å². The highest BCUT2D eigenvalue weighted by Gasteiger charge is 2.08. The Morgan fingerprint density at radius 3 is 3.21 bits per heavy atom. The summed E-state index contributed by atoms with van der Waals surface area (Å²) in [6, 6.07) is 7.09. The fourth-order valence-corrected chi connectivity index (χ4v) is 1.34. The van der Waals surface area contributed by atoms with Crippen LogP contribution < -0.4 is 0 Å². The minimum Gasteiger partial charge on any atom is -0.297 e. The summed E-state index contributed by atoms with van der Waals surface area (Å²) in [5.74, 6) is -0.184. The molecule has 0 aliphatic carbocycles. The number of imidazole rings is 1. The zero-order valence-corrected chi connectivity index (χ0v) is 7.34. The first-order chi connectivity index (χ1) is 6.83. The van der Waals surface area contributed by atoms with Gasteiger partial charge in [-0.1, -0.05) is 6.07 Å². The van der Waals surface area contributed by atoms with Crippen LogP contribution in [-0.2, 0) is 0 Å². The molecule has 2 aromatic heterocycles. The van der Waals surface area contributed by atoms with E-state index in [9.17, 15) is 4.79 Å². The molecule has 4 heteroatoms. The lowest BCUT2D eigenvalue weighted by Gasteiger charge is -2.00. The lowest BCUT2D eigenvalue weighted by atomic mass is 10.2. The van der Waals surface area contributed by atoms with Crippen LogP contribution in [0, 0.1) is 11.3 Å². The maximum Gasteiger partial charge on any atom is 0.193 e. The lowest BCUT2D eigenvalue weighted by Crippen LogP contribution is -2.04. The number of hydrogen-bond donors (Lipinski definition) is 0. The summed E-state index contributed by atoms with van der Waals surface area (Å²) in [7, 11) is 0. The third-order valence-electron chi connectivity index (χ3n) is 1.95. The minimum atomic E-state index is -0.184. The molecule has 0 unspecified atom stereocenters. The van der Waals surface area contributed by atoms with E-state index in [0.717, 1.165) is 0 Å². The van der Waals surface area contributed by atoms with Crippen molar-refractivity contribution in [2.24, 2.45) is 0 Å². The van der Waals surface area contributed by atoms with E-state index in [1.165, 1.54) is 0 Å². The molecule has 0 amide bonds. The van der Waals surface area contributed by atoms with Crippen LogP contribution in [0.25, 0.3) is 5.65 Å². The Balaban J connectivity index is 2.57. The Morgan fingerprint density at radius 2 is 2.43 bits per heavy atom. The van der Waals surface area contributed by atoms with Crippen molar-refractivity contribution >= 4 is 11.4 Å². The van der Waals surface area contributed by atoms with Crippen LogP contribution in [0.5, 0.6) is 0 Å². The molecule has 2 heterocycles. The summed E-state index contributed by atoms with van der Waals surface area (Å²) in [6.45, 7) is 0. The molecule has 0 aromatic carbocycles. The van der Waals surface area contributed by atoms with Crippen molar-refractivity contribution in [3.63, 3.8) is 0 Å². The van der Waals surface area contributed by atoms with E-state index in [2.05, 4.69) is 4.98 Å². The second kappa shape index (κ2) is 3.30. The molecule has 0 saturated heterocycles. The average Bonchev–Trinajstić information content (AvgIpc) is 2.65. The largest absolute Gasteiger partial charge is 0.297 e. The summed E-state index contributed by atoms with van der Waals surface area (Å²) in [4.78, 5) is 15.5. The van der Waals surface area contributed by atoms with E-state index in [4.69, 9.17) is 5.26 Å². The molecule has 0 fully saturated rings. The topological polar surface area (TPSA) is 58.2 Å². The molecular weight excluding hydrogens is 178 g/mol. The van der Waals surface area contributed by atoms with Gasteiger partial charge in [-0.2, -0.15) is 5.26 Å². The summed E-state index contributed by atoms with van der Waals surface area (Å²) >= 11 is 0. The van der Waals surface area contributed by atoms with E-state index >= 15 is 0 Å². The van der Waals surface area contributed by atoms with E-state index < -0.39 is 0 Å². The Bertz CT molecular complexity index is 521. The first-order valence-corrected chi connectivity index (χ1v) is 4.15. The van der Waals surface area contributed by atoms with Gasteiger partial charge in [0.2, 0.25) is 0 Å². The smallest absolute Gasteiger partial charge is 0.193 e. The normalized spacial score (nSPS) is 9.93. The fraction of sp³-hybridized carbons (Fsp3) is 0.100. The number of Topliss-reactive ketones (excluding diaryl/α,β-unsaturated/α-hetero) is 1. The number of fused-ring (bicyclic) bond motifs is 1. The number of ketones is 1. The van der Waals surface area contributed by atoms with Crippen LogP contribution in [0.4, 0.5) is 0 Å². The van der Waals surface area contributed by atoms with E-state index in [1.807, 2.05) is 12.1 Å². The van der Waals surface area contributed by atoms with Gasteiger partial charge in [-0.25, -0.2) is 4.98 Å². The first-order valence-electron chi connectivity index (χ1n) is 4.15. The minimum absolute atomic E-state index is 0.0999. The van der Waals surface area contributed by atoms with E-state index in [1.54, 1.807) is 28.9 Å². The zero-order valence-electron chi connectivity index (χ0n) is 7.34. The van der Waals surface area contributed by atoms with E-state index in [-0.39, 0.29) is 12.2 Å². The highest BCUT2D eigenvalue weighted by molar-refractivity contribution is 5.96. The van der Waals surface area contributed by atoms with Gasteiger partial charge in [0.15, 0.2) is 5.78 Å². The molecule has 2 aromatic rings. The average molecular weight is 185 g/mol. The van der Waals surface area contributed by atoms with Crippen LogP contribution >= 0.6 is 0 Å². The molecule has 0 bridgehead atoms. The van der Waals surface area contributed by atoms with Crippen molar-refractivity contribution in [2.45, 2.75) is 6.42 Å². The second-order valence-electron chi connectivity index (χ2n) is 2.82. The number of pyridine rings is 1. The predicted molar refractivity (Wildman–Crippen MR) is 49.8 cm³/mol. The van der Waals surface area contributed by atoms with Crippen molar-refractivity contribution < 1.29 is 4.79 Å². The van der Waals surface area contributed by atoms with Gasteiger partial charge in [-0.05, 0) is 12.1 Å². The van der Waals surface area contributed by atoms with Crippen molar-refractivity contribution in [3.8, 4) is 6.07 Å². The molecule has 14 heavy (non-hydrogen) atoms. The number of nitrogens with zero attached hydrogens (tertiary/aromatic N) is 3. The van der Waals surface area contributed by atoms with Crippen LogP contribution in [0.1, 0.15) is 16.9 Å². The Morgan fingerprint density at radius 1 is 1.57 bits per heavy atom. The highest BCUT2D eigenvalue weighted by atomic mass is 16.1. The molecule has 0 saturated carbocycles. The van der Waals surface area contributed by atoms with Gasteiger partial charge in [-0.3, -0.25) is 9.20 Å². The third kappa shape index (κ3) is 1.25. The Hall–Kier alpha value is -2.15. The summed E-state index contributed by atoms with van der Waals surface area (Å²) < 4.78 is 1.68. The summed E-state index contributed by atoms with van der Waals surface area (Å²) in [5.41, 5.74) is 1.22. The molecule has 0 radical (unpaired) electrons. The molecule has 0 aliphatic heterocycles. The number of hydrogen-bond acceptors (Lipinski definition) is 3. The lowest BCUT2D eigenvalue weighted by molar-refractivity contribution is 0.0992. The molecule has 4 nitrogen and oxygen atoms in total. The molecule has 0 atom stereocenters. The highest BCUT2D eigenvalue weighted by Crippen LogP contribution is 2.07. The standard InChI is InChI=1S/C10H7N3O/c11-5-4-9(14)8-2-1-3-10-12-6-7-13(8)10/h1-3,6-7H,4H2. The quantitative estimate of drug-likeness (QED) is 0.665. The van der Waals surface area contributed by atoms with Crippen molar-refractivity contribution in [1.29, 1.82) is 5.26 Å². The third-order valence-corrected chi connectivity index (χ3v) is 1.95. The van der Waals surface area contributed by atoms with Gasteiger partial charge in [-0.15, -0.1) is 0 Å². The van der Waals surface area contributed by atoms with Gasteiger partial charge in [0.05, 0.1) is 11.8 Å². The van der Waals surface area contributed by atoms with Crippen LogP contribution in [0.3, 0.4) is 0 Å². The molecule has 0 spiro atoms. The van der Waals surface area contributed by atoms with Crippen LogP contribution in [0.2, 0.25) is 0 Å². The first kappa shape index (κ1) is 8.45. The zero-order chi connectivity index (χ0) is 9.97. The maximum absolute atomic E-state index is 11.5. The van der Waals surface area contributed by atoms with Gasteiger partial charge in [0.1, 0.15) is 12.1 Å². The van der Waals surface area contributed by atoms with Crippen LogP contribution in [-0.4, -0.2) is 15.2 Å². The Kier molecular flexibility index (Phi) is 1.99.